The third-order valence-electron chi connectivity index (χ3n) is 4.77. The van der Waals surface area contributed by atoms with Crippen LogP contribution in [0.1, 0.15) is 11.1 Å². The third-order valence-corrected chi connectivity index (χ3v) is 5.88. The highest BCUT2D eigenvalue weighted by molar-refractivity contribution is 7.89. The van der Waals surface area contributed by atoms with Crippen LogP contribution in [0.4, 0.5) is 11.4 Å². The normalized spacial score (nSPS) is 14.3. The number of carbonyl (C=O) groups excluding carboxylic acids is 1. The van der Waals surface area contributed by atoms with Crippen molar-refractivity contribution < 1.29 is 13.2 Å². The largest absolute Gasteiger partial charge is 0.331 e. The van der Waals surface area contributed by atoms with Crippen LogP contribution in [0.3, 0.4) is 0 Å². The number of hydrogen-bond donors (Lipinski definition) is 3. The highest BCUT2D eigenvalue weighted by Crippen LogP contribution is 2.30. The lowest BCUT2D eigenvalue weighted by atomic mass is 10.1. The SMILES string of the molecule is NS(=O)(=O)c1cccc(NC(=S)NN=C2C(=O)N(Cc3ccccc3)c3ccccc32)c1. The van der Waals surface area contributed by atoms with E-state index in [1.165, 1.54) is 18.2 Å². The Bertz CT molecular complexity index is 1320. The molecular formula is C22H19N5O3S2. The second-order valence-corrected chi connectivity index (χ2v) is 8.96. The van der Waals surface area contributed by atoms with Crippen molar-refractivity contribution in [3.05, 3.63) is 90.0 Å². The zero-order chi connectivity index (χ0) is 22.7. The average Bonchev–Trinajstić information content (AvgIpc) is 3.04. The van der Waals surface area contributed by atoms with Crippen molar-refractivity contribution in [3.63, 3.8) is 0 Å². The third kappa shape index (κ3) is 4.67. The molecule has 10 heteroatoms. The Kier molecular flexibility index (Phi) is 5.99. The smallest absolute Gasteiger partial charge is 0.279 e. The summed E-state index contributed by atoms with van der Waals surface area (Å²) in [5.74, 6) is -0.249. The second-order valence-electron chi connectivity index (χ2n) is 6.99. The van der Waals surface area contributed by atoms with Crippen molar-refractivity contribution >= 4 is 50.3 Å². The van der Waals surface area contributed by atoms with Gasteiger partial charge >= 0.3 is 0 Å². The Balaban J connectivity index is 1.52. The molecule has 1 amide bonds. The summed E-state index contributed by atoms with van der Waals surface area (Å²) in [5, 5.41) is 12.3. The van der Waals surface area contributed by atoms with E-state index in [9.17, 15) is 13.2 Å². The van der Waals surface area contributed by atoms with E-state index in [1.54, 1.807) is 11.0 Å². The molecule has 32 heavy (non-hydrogen) atoms. The van der Waals surface area contributed by atoms with Crippen LogP contribution in [-0.2, 0) is 21.4 Å². The highest BCUT2D eigenvalue weighted by atomic mass is 32.2. The summed E-state index contributed by atoms with van der Waals surface area (Å²) < 4.78 is 23.0. The number of fused-ring (bicyclic) bond motifs is 1. The number of benzene rings is 3. The van der Waals surface area contributed by atoms with Crippen LogP contribution in [-0.4, -0.2) is 25.1 Å². The number of carbonyl (C=O) groups is 1. The summed E-state index contributed by atoms with van der Waals surface area (Å²) in [7, 11) is -3.84. The number of nitrogens with one attached hydrogen (secondary N) is 2. The van der Waals surface area contributed by atoms with Gasteiger partial charge in [-0.15, -0.1) is 0 Å². The lowest BCUT2D eigenvalue weighted by molar-refractivity contribution is -0.112. The number of hydrazone groups is 1. The molecule has 1 aliphatic heterocycles. The first-order chi connectivity index (χ1) is 15.3. The molecule has 0 spiro atoms. The van der Waals surface area contributed by atoms with E-state index in [0.717, 1.165) is 11.3 Å². The molecule has 162 valence electrons. The minimum atomic E-state index is -3.84. The van der Waals surface area contributed by atoms with Crippen LogP contribution in [0.5, 0.6) is 0 Å². The minimum absolute atomic E-state index is 0.0481. The molecule has 4 rings (SSSR count). The lowest BCUT2D eigenvalue weighted by Gasteiger charge is -2.16. The Morgan fingerprint density at radius 2 is 1.72 bits per heavy atom. The van der Waals surface area contributed by atoms with Gasteiger partial charge in [0.05, 0.1) is 17.1 Å². The highest BCUT2D eigenvalue weighted by Gasteiger charge is 2.33. The number of para-hydroxylation sites is 1. The number of anilines is 2. The molecule has 3 aromatic rings. The Labute approximate surface area is 190 Å². The maximum absolute atomic E-state index is 13.1. The van der Waals surface area contributed by atoms with Crippen LogP contribution in [0.2, 0.25) is 0 Å². The fourth-order valence-corrected chi connectivity index (χ4v) is 4.03. The van der Waals surface area contributed by atoms with Crippen molar-refractivity contribution in [1.29, 1.82) is 0 Å². The number of sulfonamides is 1. The number of rotatable bonds is 5. The summed E-state index contributed by atoms with van der Waals surface area (Å²) in [6, 6.07) is 23.0. The van der Waals surface area contributed by atoms with E-state index in [-0.39, 0.29) is 21.6 Å². The molecule has 3 aromatic carbocycles. The van der Waals surface area contributed by atoms with Gasteiger partial charge in [-0.2, -0.15) is 5.10 Å². The average molecular weight is 466 g/mol. The van der Waals surface area contributed by atoms with Gasteiger partial charge in [0.2, 0.25) is 10.0 Å². The topological polar surface area (TPSA) is 117 Å². The number of amides is 1. The molecule has 0 saturated carbocycles. The van der Waals surface area contributed by atoms with Gasteiger partial charge in [0.1, 0.15) is 0 Å². The fraction of sp³-hybridized carbons (Fsp3) is 0.0455. The molecule has 0 unspecified atom stereocenters. The number of thiocarbonyl (C=S) groups is 1. The maximum Gasteiger partial charge on any atom is 0.279 e. The first kappa shape index (κ1) is 21.6. The number of nitrogens with zero attached hydrogens (tertiary/aromatic N) is 2. The fourth-order valence-electron chi connectivity index (χ4n) is 3.31. The van der Waals surface area contributed by atoms with Crippen LogP contribution in [0.15, 0.2) is 88.9 Å². The standard InChI is InChI=1S/C22H19N5O3S2/c23-32(29,30)17-10-6-9-16(13-17)24-22(31)26-25-20-18-11-4-5-12-19(18)27(21(20)28)14-15-7-2-1-3-8-15/h1-13H,14H2,(H2,23,29,30)(H2,24,26,31). The molecular weight excluding hydrogens is 446 g/mol. The van der Waals surface area contributed by atoms with Gasteiger partial charge in [0.25, 0.3) is 5.91 Å². The van der Waals surface area contributed by atoms with Gasteiger partial charge in [0.15, 0.2) is 10.8 Å². The van der Waals surface area contributed by atoms with Gasteiger partial charge in [-0.1, -0.05) is 54.6 Å². The molecule has 1 heterocycles. The van der Waals surface area contributed by atoms with Crippen molar-refractivity contribution in [2.45, 2.75) is 11.4 Å². The quantitative estimate of drug-likeness (QED) is 0.394. The van der Waals surface area contributed by atoms with Gasteiger partial charge in [-0.3, -0.25) is 10.2 Å². The van der Waals surface area contributed by atoms with E-state index < -0.39 is 10.0 Å². The monoisotopic (exact) mass is 465 g/mol. The summed E-state index contributed by atoms with van der Waals surface area (Å²) in [6.45, 7) is 0.415. The summed E-state index contributed by atoms with van der Waals surface area (Å²) >= 11 is 5.24. The van der Waals surface area contributed by atoms with E-state index >= 15 is 0 Å². The minimum Gasteiger partial charge on any atom is -0.331 e. The predicted molar refractivity (Wildman–Crippen MR) is 128 cm³/mol. The van der Waals surface area contributed by atoms with Crippen LogP contribution in [0.25, 0.3) is 0 Å². The van der Waals surface area contributed by atoms with E-state index in [1.807, 2.05) is 54.6 Å². The van der Waals surface area contributed by atoms with Crippen molar-refractivity contribution in [2.75, 3.05) is 10.2 Å². The van der Waals surface area contributed by atoms with Crippen molar-refractivity contribution in [2.24, 2.45) is 10.2 Å². The van der Waals surface area contributed by atoms with Crippen molar-refractivity contribution in [1.82, 2.24) is 5.43 Å². The Morgan fingerprint density at radius 1 is 1.00 bits per heavy atom. The van der Waals surface area contributed by atoms with Gasteiger partial charge in [0, 0.05) is 11.3 Å². The van der Waals surface area contributed by atoms with Crippen LogP contribution < -0.4 is 20.8 Å². The summed E-state index contributed by atoms with van der Waals surface area (Å²) in [6.07, 6.45) is 0. The van der Waals surface area contributed by atoms with Gasteiger partial charge < -0.3 is 10.2 Å². The number of primary sulfonamides is 1. The molecule has 4 N–H and O–H groups in total. The first-order valence-corrected chi connectivity index (χ1v) is 11.5. The van der Waals surface area contributed by atoms with Gasteiger partial charge in [-0.05, 0) is 42.0 Å². The van der Waals surface area contributed by atoms with Crippen LogP contribution >= 0.6 is 12.2 Å². The predicted octanol–water partition coefficient (Wildman–Crippen LogP) is 2.57. The van der Waals surface area contributed by atoms with Gasteiger partial charge in [-0.25, -0.2) is 13.6 Å². The Hall–Kier alpha value is -3.60. The molecule has 0 fully saturated rings. The number of hydrogen-bond acceptors (Lipinski definition) is 5. The molecule has 1 aliphatic rings. The summed E-state index contributed by atoms with van der Waals surface area (Å²) in [5.41, 5.74) is 5.77. The number of nitrogens with two attached hydrogens (primary N) is 1. The van der Waals surface area contributed by atoms with E-state index in [0.29, 0.717) is 17.8 Å². The molecule has 0 aliphatic carbocycles. The Morgan fingerprint density at radius 3 is 2.47 bits per heavy atom. The van der Waals surface area contributed by atoms with E-state index in [4.69, 9.17) is 17.4 Å². The first-order valence-electron chi connectivity index (χ1n) is 9.56. The van der Waals surface area contributed by atoms with Crippen molar-refractivity contribution in [3.8, 4) is 0 Å². The molecule has 0 radical (unpaired) electrons. The zero-order valence-electron chi connectivity index (χ0n) is 16.7. The molecule has 0 saturated heterocycles. The zero-order valence-corrected chi connectivity index (χ0v) is 18.4. The second kappa shape index (κ2) is 8.87. The molecule has 8 nitrogen and oxygen atoms in total. The van der Waals surface area contributed by atoms with Crippen LogP contribution in [0, 0.1) is 0 Å². The summed E-state index contributed by atoms with van der Waals surface area (Å²) in [4.78, 5) is 14.7. The molecule has 0 atom stereocenters. The maximum atomic E-state index is 13.1. The van der Waals surface area contributed by atoms with E-state index in [2.05, 4.69) is 15.8 Å². The lowest BCUT2D eigenvalue weighted by Crippen LogP contribution is -2.32. The molecule has 0 aromatic heterocycles. The molecule has 0 bridgehead atoms.